The molecule has 3 nitrogen and oxygen atoms in total. The van der Waals surface area contributed by atoms with Crippen LogP contribution in [0.3, 0.4) is 0 Å². The molecule has 1 aromatic heterocycles. The summed E-state index contributed by atoms with van der Waals surface area (Å²) in [7, 11) is 0. The van der Waals surface area contributed by atoms with Crippen LogP contribution in [0.25, 0.3) is 11.0 Å². The third-order valence-corrected chi connectivity index (χ3v) is 2.59. The average Bonchev–Trinajstić information content (AvgIpc) is 2.56. The van der Waals surface area contributed by atoms with Crippen LogP contribution in [0.15, 0.2) is 12.1 Å². The summed E-state index contributed by atoms with van der Waals surface area (Å²) in [4.78, 5) is 7.47. The minimum Gasteiger partial charge on any atom is -0.385 e. The number of benzene rings is 1. The van der Waals surface area contributed by atoms with Gasteiger partial charge in [-0.3, -0.25) is 0 Å². The van der Waals surface area contributed by atoms with Gasteiger partial charge in [0, 0.05) is 0 Å². The third kappa shape index (κ3) is 1.30. The van der Waals surface area contributed by atoms with E-state index in [1.807, 2.05) is 13.0 Å². The Kier molecular flexibility index (Phi) is 2.04. The number of aliphatic hydroxyl groups excluding tert-OH is 1. The molecule has 1 unspecified atom stereocenters. The van der Waals surface area contributed by atoms with Gasteiger partial charge >= 0.3 is 0 Å². The van der Waals surface area contributed by atoms with Crippen LogP contribution in [-0.2, 0) is 0 Å². The number of aliphatic hydroxyl groups is 1. The maximum Gasteiger partial charge on any atom is 0.135 e. The van der Waals surface area contributed by atoms with E-state index in [1.165, 1.54) is 11.1 Å². The number of hydrogen-bond acceptors (Lipinski definition) is 2. The number of aryl methyl sites for hydroxylation is 2. The highest BCUT2D eigenvalue weighted by atomic mass is 16.3. The summed E-state index contributed by atoms with van der Waals surface area (Å²) in [5, 5.41) is 9.39. The van der Waals surface area contributed by atoms with Gasteiger partial charge in [0.15, 0.2) is 0 Å². The zero-order valence-corrected chi connectivity index (χ0v) is 8.63. The van der Waals surface area contributed by atoms with Crippen molar-refractivity contribution < 1.29 is 5.11 Å². The smallest absolute Gasteiger partial charge is 0.135 e. The van der Waals surface area contributed by atoms with E-state index >= 15 is 0 Å². The van der Waals surface area contributed by atoms with Crippen LogP contribution < -0.4 is 0 Å². The summed E-state index contributed by atoms with van der Waals surface area (Å²) in [6.07, 6.45) is -0.540. The van der Waals surface area contributed by atoms with E-state index < -0.39 is 6.10 Å². The molecule has 0 aliphatic rings. The summed E-state index contributed by atoms with van der Waals surface area (Å²) < 4.78 is 0. The molecular weight excluding hydrogens is 176 g/mol. The summed E-state index contributed by atoms with van der Waals surface area (Å²) >= 11 is 0. The van der Waals surface area contributed by atoms with Gasteiger partial charge in [-0.15, -0.1) is 0 Å². The lowest BCUT2D eigenvalue weighted by Gasteiger charge is -1.98. The van der Waals surface area contributed by atoms with Crippen molar-refractivity contribution in [3.63, 3.8) is 0 Å². The molecule has 0 saturated heterocycles. The summed E-state index contributed by atoms with van der Waals surface area (Å²) in [5.41, 5.74) is 4.34. The molecule has 0 amide bonds. The number of fused-ring (bicyclic) bond motifs is 1. The molecule has 2 rings (SSSR count). The molecule has 0 radical (unpaired) electrons. The quantitative estimate of drug-likeness (QED) is 0.724. The highest BCUT2D eigenvalue weighted by molar-refractivity contribution is 5.79. The van der Waals surface area contributed by atoms with Crippen LogP contribution in [0.5, 0.6) is 0 Å². The molecule has 0 bridgehead atoms. The lowest BCUT2D eigenvalue weighted by Crippen LogP contribution is -1.92. The maximum absolute atomic E-state index is 9.39. The maximum atomic E-state index is 9.39. The Morgan fingerprint density at radius 2 is 2.07 bits per heavy atom. The van der Waals surface area contributed by atoms with Crippen LogP contribution in [0, 0.1) is 13.8 Å². The second-order valence-corrected chi connectivity index (χ2v) is 3.70. The van der Waals surface area contributed by atoms with Gasteiger partial charge in [0.25, 0.3) is 0 Å². The second kappa shape index (κ2) is 3.10. The van der Waals surface area contributed by atoms with Crippen molar-refractivity contribution in [2.75, 3.05) is 0 Å². The van der Waals surface area contributed by atoms with Crippen LogP contribution in [-0.4, -0.2) is 15.1 Å². The van der Waals surface area contributed by atoms with Crippen molar-refractivity contribution in [1.29, 1.82) is 0 Å². The van der Waals surface area contributed by atoms with Gasteiger partial charge in [-0.2, -0.15) is 0 Å². The van der Waals surface area contributed by atoms with Crippen molar-refractivity contribution in [2.45, 2.75) is 26.9 Å². The van der Waals surface area contributed by atoms with Crippen LogP contribution >= 0.6 is 0 Å². The molecule has 0 fully saturated rings. The molecule has 14 heavy (non-hydrogen) atoms. The van der Waals surface area contributed by atoms with Crippen molar-refractivity contribution >= 4 is 11.0 Å². The summed E-state index contributed by atoms with van der Waals surface area (Å²) in [5.74, 6) is 0.633. The number of hydrogen-bond donors (Lipinski definition) is 2. The molecular formula is C11H14N2O. The molecule has 1 atom stereocenters. The van der Waals surface area contributed by atoms with Gasteiger partial charge in [-0.05, 0) is 38.0 Å². The SMILES string of the molecule is Cc1ccc2[nH]c(C(C)O)nc2c1C. The van der Waals surface area contributed by atoms with E-state index in [0.29, 0.717) is 5.82 Å². The molecule has 1 aromatic carbocycles. The molecule has 3 heteroatoms. The Bertz CT molecular complexity index is 471. The minimum atomic E-state index is -0.540. The van der Waals surface area contributed by atoms with E-state index in [2.05, 4.69) is 23.0 Å². The van der Waals surface area contributed by atoms with Crippen LogP contribution in [0.2, 0.25) is 0 Å². The predicted molar refractivity (Wildman–Crippen MR) is 56.2 cm³/mol. The number of H-pyrrole nitrogens is 1. The van der Waals surface area contributed by atoms with Gasteiger partial charge < -0.3 is 10.1 Å². The van der Waals surface area contributed by atoms with Gasteiger partial charge in [-0.1, -0.05) is 6.07 Å². The predicted octanol–water partition coefficient (Wildman–Crippen LogP) is 2.23. The topological polar surface area (TPSA) is 48.9 Å². The first-order chi connectivity index (χ1) is 6.59. The second-order valence-electron chi connectivity index (χ2n) is 3.70. The minimum absolute atomic E-state index is 0.540. The summed E-state index contributed by atoms with van der Waals surface area (Å²) in [6.45, 7) is 5.82. The van der Waals surface area contributed by atoms with Crippen molar-refractivity contribution in [3.8, 4) is 0 Å². The fraction of sp³-hybridized carbons (Fsp3) is 0.364. The van der Waals surface area contributed by atoms with Crippen LogP contribution in [0.4, 0.5) is 0 Å². The van der Waals surface area contributed by atoms with Gasteiger partial charge in [0.05, 0.1) is 11.0 Å². The van der Waals surface area contributed by atoms with Gasteiger partial charge in [0.2, 0.25) is 0 Å². The molecule has 1 heterocycles. The molecule has 0 saturated carbocycles. The molecule has 74 valence electrons. The molecule has 2 aromatic rings. The van der Waals surface area contributed by atoms with Crippen molar-refractivity contribution in [1.82, 2.24) is 9.97 Å². The van der Waals surface area contributed by atoms with Crippen molar-refractivity contribution in [2.24, 2.45) is 0 Å². The zero-order valence-electron chi connectivity index (χ0n) is 8.63. The fourth-order valence-electron chi connectivity index (χ4n) is 1.53. The number of rotatable bonds is 1. The average molecular weight is 190 g/mol. The number of aromatic nitrogens is 2. The van der Waals surface area contributed by atoms with E-state index in [4.69, 9.17) is 0 Å². The highest BCUT2D eigenvalue weighted by Gasteiger charge is 2.09. The van der Waals surface area contributed by atoms with E-state index in [-0.39, 0.29) is 0 Å². The normalized spacial score (nSPS) is 13.4. The lowest BCUT2D eigenvalue weighted by atomic mass is 10.1. The summed E-state index contributed by atoms with van der Waals surface area (Å²) in [6, 6.07) is 4.05. The first kappa shape index (κ1) is 9.21. The van der Waals surface area contributed by atoms with Gasteiger partial charge in [-0.25, -0.2) is 4.98 Å². The number of nitrogens with zero attached hydrogens (tertiary/aromatic N) is 1. The molecule has 2 N–H and O–H groups in total. The highest BCUT2D eigenvalue weighted by Crippen LogP contribution is 2.21. The first-order valence-electron chi connectivity index (χ1n) is 4.73. The first-order valence-corrected chi connectivity index (χ1v) is 4.73. The van der Waals surface area contributed by atoms with E-state index in [0.717, 1.165) is 11.0 Å². The Hall–Kier alpha value is -1.35. The van der Waals surface area contributed by atoms with Gasteiger partial charge in [0.1, 0.15) is 11.9 Å². The fourth-order valence-corrected chi connectivity index (χ4v) is 1.53. The number of aromatic amines is 1. The standard InChI is InChI=1S/C11H14N2O/c1-6-4-5-9-10(7(6)2)13-11(12-9)8(3)14/h4-5,8,14H,1-3H3,(H,12,13). The Labute approximate surface area is 82.8 Å². The Morgan fingerprint density at radius 3 is 2.71 bits per heavy atom. The third-order valence-electron chi connectivity index (χ3n) is 2.59. The molecule has 0 aliphatic heterocycles. The number of imidazole rings is 1. The van der Waals surface area contributed by atoms with E-state index in [1.54, 1.807) is 6.92 Å². The number of nitrogens with one attached hydrogen (secondary N) is 1. The molecule has 0 aliphatic carbocycles. The van der Waals surface area contributed by atoms with Crippen molar-refractivity contribution in [3.05, 3.63) is 29.1 Å². The Morgan fingerprint density at radius 1 is 1.36 bits per heavy atom. The van der Waals surface area contributed by atoms with E-state index in [9.17, 15) is 5.11 Å². The monoisotopic (exact) mass is 190 g/mol. The Balaban J connectivity index is 2.71. The van der Waals surface area contributed by atoms with Crippen LogP contribution in [0.1, 0.15) is 30.0 Å². The zero-order chi connectivity index (χ0) is 10.3. The largest absolute Gasteiger partial charge is 0.385 e. The molecule has 0 spiro atoms. The lowest BCUT2D eigenvalue weighted by molar-refractivity contribution is 0.190.